The van der Waals surface area contributed by atoms with Gasteiger partial charge in [-0.15, -0.1) is 0 Å². The maximum atomic E-state index is 12.1. The molecule has 1 saturated heterocycles. The molecule has 0 unspecified atom stereocenters. The molecule has 3 nitrogen and oxygen atoms in total. The van der Waals surface area contributed by atoms with Crippen LogP contribution in [0.5, 0.6) is 0 Å². The highest BCUT2D eigenvalue weighted by Gasteiger charge is 2.40. The van der Waals surface area contributed by atoms with Crippen LogP contribution in [0.2, 0.25) is 0 Å². The summed E-state index contributed by atoms with van der Waals surface area (Å²) in [5, 5.41) is 0. The van der Waals surface area contributed by atoms with Crippen LogP contribution in [0.15, 0.2) is 0 Å². The Kier molecular flexibility index (Phi) is 2.86. The lowest BCUT2D eigenvalue weighted by molar-refractivity contribution is -0.162. The van der Waals surface area contributed by atoms with Gasteiger partial charge in [0.15, 0.2) is 0 Å². The minimum atomic E-state index is -3.22. The monoisotopic (exact) mass is 154 g/mol. The Labute approximate surface area is 56.3 Å². The van der Waals surface area contributed by atoms with Gasteiger partial charge in [-0.05, 0) is 0 Å². The Morgan fingerprint density at radius 2 is 2.10 bits per heavy atom. The minimum Gasteiger partial charge on any atom is -0.412 e. The Balaban J connectivity index is 0.000000810. The number of rotatable bonds is 0. The van der Waals surface area contributed by atoms with E-state index in [2.05, 4.69) is 4.74 Å². The second-order valence-electron chi connectivity index (χ2n) is 1.93. The summed E-state index contributed by atoms with van der Waals surface area (Å²) in [5.74, 6) is -4.23. The fourth-order valence-electron chi connectivity index (χ4n) is 0.629. The highest BCUT2D eigenvalue weighted by molar-refractivity contribution is 5.86. The van der Waals surface area contributed by atoms with E-state index in [-0.39, 0.29) is 18.5 Å². The molecule has 1 aliphatic heterocycles. The number of carbonyl (C=O) groups excluding carboxylic acids is 1. The minimum absolute atomic E-state index is 0. The van der Waals surface area contributed by atoms with Crippen molar-refractivity contribution in [2.45, 2.75) is 12.3 Å². The summed E-state index contributed by atoms with van der Waals surface area (Å²) in [4.78, 5) is 10.3. The number of alkyl halides is 2. The predicted molar refractivity (Wildman–Crippen MR) is 29.0 cm³/mol. The van der Waals surface area contributed by atoms with Crippen LogP contribution < -0.4 is 0 Å². The second-order valence-corrected chi connectivity index (χ2v) is 1.93. The molecule has 0 aromatic carbocycles. The molecular weight excluding hydrogens is 146 g/mol. The van der Waals surface area contributed by atoms with Crippen molar-refractivity contribution in [1.29, 1.82) is 0 Å². The van der Waals surface area contributed by atoms with Crippen LogP contribution in [0.3, 0.4) is 0 Å². The summed E-state index contributed by atoms with van der Waals surface area (Å²) in [5.41, 5.74) is 0. The van der Waals surface area contributed by atoms with Gasteiger partial charge in [-0.25, -0.2) is 0 Å². The molecule has 1 aliphatic rings. The van der Waals surface area contributed by atoms with Gasteiger partial charge in [-0.1, -0.05) is 0 Å². The van der Waals surface area contributed by atoms with Crippen LogP contribution >= 0.6 is 0 Å². The molecule has 1 fully saturated rings. The summed E-state index contributed by atoms with van der Waals surface area (Å²) in [7, 11) is 0. The molecule has 60 valence electrons. The highest BCUT2D eigenvalue weighted by Crippen LogP contribution is 2.20. The lowest BCUT2D eigenvalue weighted by atomic mass is 10.1. The van der Waals surface area contributed by atoms with E-state index < -0.39 is 18.3 Å². The third-order valence-corrected chi connectivity index (χ3v) is 1.16. The van der Waals surface area contributed by atoms with E-state index in [0.29, 0.717) is 0 Å². The molecule has 0 atom stereocenters. The number of carbonyl (C=O) groups is 1. The van der Waals surface area contributed by atoms with Crippen LogP contribution in [0.25, 0.3) is 0 Å². The van der Waals surface area contributed by atoms with Crippen molar-refractivity contribution in [3.63, 3.8) is 0 Å². The number of Topliss-reactive ketones (excluding diaryl/α,β-unsaturated/α-hetero) is 1. The van der Waals surface area contributed by atoms with E-state index in [9.17, 15) is 13.6 Å². The van der Waals surface area contributed by atoms with E-state index in [4.69, 9.17) is 0 Å². The van der Waals surface area contributed by atoms with Gasteiger partial charge >= 0.3 is 5.92 Å². The number of hydrogen-bond donors (Lipinski definition) is 0. The standard InChI is InChI=1S/C5H6F2O2.H2O/c6-5(7)3-9-2-1-4(5)8;/h1-3H2;1H2. The van der Waals surface area contributed by atoms with Crippen molar-refractivity contribution >= 4 is 5.78 Å². The Morgan fingerprint density at radius 3 is 2.40 bits per heavy atom. The zero-order valence-corrected chi connectivity index (χ0v) is 5.19. The summed E-state index contributed by atoms with van der Waals surface area (Å²) < 4.78 is 28.6. The van der Waals surface area contributed by atoms with Gasteiger partial charge < -0.3 is 10.2 Å². The maximum Gasteiger partial charge on any atom is 0.328 e. The van der Waals surface area contributed by atoms with Gasteiger partial charge in [0.1, 0.15) is 6.61 Å². The fraction of sp³-hybridized carbons (Fsp3) is 0.800. The van der Waals surface area contributed by atoms with Crippen molar-refractivity contribution in [2.24, 2.45) is 0 Å². The molecule has 0 saturated carbocycles. The zero-order valence-electron chi connectivity index (χ0n) is 5.19. The van der Waals surface area contributed by atoms with Crippen molar-refractivity contribution in [3.05, 3.63) is 0 Å². The molecule has 0 radical (unpaired) electrons. The quantitative estimate of drug-likeness (QED) is 0.484. The number of halogens is 2. The van der Waals surface area contributed by atoms with Crippen molar-refractivity contribution in [2.75, 3.05) is 13.2 Å². The van der Waals surface area contributed by atoms with E-state index >= 15 is 0 Å². The van der Waals surface area contributed by atoms with Crippen LogP contribution in [0.4, 0.5) is 8.78 Å². The molecule has 10 heavy (non-hydrogen) atoms. The average Bonchev–Trinajstić information content (AvgIpc) is 1.77. The third-order valence-electron chi connectivity index (χ3n) is 1.16. The smallest absolute Gasteiger partial charge is 0.328 e. The average molecular weight is 154 g/mol. The SMILES string of the molecule is O.O=C1CCOCC1(F)F. The molecule has 1 heterocycles. The second kappa shape index (κ2) is 3.03. The molecule has 1 rings (SSSR count). The largest absolute Gasteiger partial charge is 0.412 e. The first-order valence-corrected chi connectivity index (χ1v) is 2.62. The van der Waals surface area contributed by atoms with Crippen molar-refractivity contribution < 1.29 is 23.8 Å². The number of hydrogen-bond acceptors (Lipinski definition) is 2. The van der Waals surface area contributed by atoms with E-state index in [1.54, 1.807) is 0 Å². The lowest BCUT2D eigenvalue weighted by Crippen LogP contribution is -2.39. The fourth-order valence-corrected chi connectivity index (χ4v) is 0.629. The molecule has 0 amide bonds. The van der Waals surface area contributed by atoms with Crippen molar-refractivity contribution in [1.82, 2.24) is 0 Å². The molecule has 0 aliphatic carbocycles. The van der Waals surface area contributed by atoms with Gasteiger partial charge in [0, 0.05) is 6.42 Å². The van der Waals surface area contributed by atoms with Crippen molar-refractivity contribution in [3.8, 4) is 0 Å². The third kappa shape index (κ3) is 1.71. The number of ether oxygens (including phenoxy) is 1. The van der Waals surface area contributed by atoms with E-state index in [0.717, 1.165) is 0 Å². The normalized spacial score (nSPS) is 23.6. The molecule has 2 N–H and O–H groups in total. The van der Waals surface area contributed by atoms with Gasteiger partial charge in [0.05, 0.1) is 6.61 Å². The molecule has 0 spiro atoms. The molecule has 0 bridgehead atoms. The van der Waals surface area contributed by atoms with Crippen LogP contribution in [0.1, 0.15) is 6.42 Å². The van der Waals surface area contributed by atoms with Gasteiger partial charge in [-0.2, -0.15) is 8.78 Å². The van der Waals surface area contributed by atoms with Crippen LogP contribution in [0, 0.1) is 0 Å². The summed E-state index contributed by atoms with van der Waals surface area (Å²) in [6, 6.07) is 0. The Bertz CT molecular complexity index is 135. The van der Waals surface area contributed by atoms with E-state index in [1.165, 1.54) is 0 Å². The van der Waals surface area contributed by atoms with Gasteiger partial charge in [0.25, 0.3) is 0 Å². The Morgan fingerprint density at radius 1 is 1.50 bits per heavy atom. The first-order chi connectivity index (χ1) is 4.13. The summed E-state index contributed by atoms with van der Waals surface area (Å²) >= 11 is 0. The topological polar surface area (TPSA) is 57.8 Å². The first-order valence-electron chi connectivity index (χ1n) is 2.62. The predicted octanol–water partition coefficient (Wildman–Crippen LogP) is -0.214. The first kappa shape index (κ1) is 9.45. The molecule has 0 aromatic rings. The van der Waals surface area contributed by atoms with Gasteiger partial charge in [-0.3, -0.25) is 4.79 Å². The number of ketones is 1. The Hall–Kier alpha value is -0.550. The summed E-state index contributed by atoms with van der Waals surface area (Å²) in [6.07, 6.45) is -0.160. The maximum absolute atomic E-state index is 12.1. The molecule has 5 heteroatoms. The van der Waals surface area contributed by atoms with E-state index in [1.807, 2.05) is 0 Å². The highest BCUT2D eigenvalue weighted by atomic mass is 19.3. The molecular formula is C5H8F2O3. The zero-order chi connectivity index (χ0) is 6.91. The van der Waals surface area contributed by atoms with Crippen LogP contribution in [-0.4, -0.2) is 30.4 Å². The lowest BCUT2D eigenvalue weighted by Gasteiger charge is -2.19. The van der Waals surface area contributed by atoms with Gasteiger partial charge in [0.2, 0.25) is 5.78 Å². The van der Waals surface area contributed by atoms with Crippen LogP contribution in [-0.2, 0) is 9.53 Å². The molecule has 0 aromatic heterocycles. The summed E-state index contributed by atoms with van der Waals surface area (Å²) in [6.45, 7) is -0.611.